The maximum Gasteiger partial charge on any atom is 0.193 e. The molecule has 0 bridgehead atoms. The Bertz CT molecular complexity index is 729. The number of alkyl halides is 2. The van der Waals surface area contributed by atoms with Gasteiger partial charge in [-0.05, 0) is 96.9 Å². The van der Waals surface area contributed by atoms with Gasteiger partial charge in [-0.3, -0.25) is 0 Å². The van der Waals surface area contributed by atoms with E-state index in [4.69, 9.17) is 4.74 Å². The Labute approximate surface area is 281 Å². The summed E-state index contributed by atoms with van der Waals surface area (Å²) >= 11 is 3.86. The normalized spacial score (nSPS) is 28.2. The Kier molecular flexibility index (Phi) is 15.2. The lowest BCUT2D eigenvalue weighted by atomic mass is 9.79. The van der Waals surface area contributed by atoms with Crippen molar-refractivity contribution in [3.05, 3.63) is 0 Å². The Morgan fingerprint density at radius 2 is 0.773 bits per heavy atom. The van der Waals surface area contributed by atoms with Gasteiger partial charge in [-0.15, -0.1) is 0 Å². The molecular weight excluding hydrogens is 607 g/mol. The van der Waals surface area contributed by atoms with Crippen LogP contribution in [0.5, 0.6) is 0 Å². The number of ether oxygens (including phenoxy) is 1. The van der Waals surface area contributed by atoms with Crippen molar-refractivity contribution in [1.29, 1.82) is 0 Å². The molecule has 0 heterocycles. The summed E-state index contributed by atoms with van der Waals surface area (Å²) in [5, 5.41) is 0. The molecule has 256 valence electrons. The van der Waals surface area contributed by atoms with E-state index >= 15 is 4.39 Å². The summed E-state index contributed by atoms with van der Waals surface area (Å²) < 4.78 is 23.4. The van der Waals surface area contributed by atoms with Crippen molar-refractivity contribution in [2.75, 3.05) is 0 Å². The summed E-state index contributed by atoms with van der Waals surface area (Å²) in [6.45, 7) is 0. The largest absolute Gasteiger partial charge is 0.367 e. The lowest BCUT2D eigenvalue weighted by Gasteiger charge is -2.46. The lowest BCUT2D eigenvalue weighted by molar-refractivity contribution is -0.167. The zero-order valence-corrected chi connectivity index (χ0v) is 30.5. The molecule has 0 radical (unpaired) electrons. The number of hydrogen-bond donors (Lipinski definition) is 0. The molecule has 0 aromatic heterocycles. The van der Waals surface area contributed by atoms with Crippen molar-refractivity contribution in [3.63, 3.8) is 0 Å². The van der Waals surface area contributed by atoms with Crippen LogP contribution in [-0.4, -0.2) is 16.3 Å². The molecule has 5 aliphatic rings. The SMILES string of the molecule is FC(Br)(CCCC1CCCC1)C(CCCC1CCCC1)(CCCC1CCCC1)OC1CCC(CCCC2CCCCC2)CC1. The highest BCUT2D eigenvalue weighted by molar-refractivity contribution is 9.10. The first-order valence-corrected chi connectivity index (χ1v) is 21.4. The molecule has 0 spiro atoms. The standard InChI is InChI=1S/C41H72BrFO/c42-41(43,33-13-26-37-20-8-9-21-37)40(31-11-24-35-16-4-5-17-35,32-12-25-36-18-6-7-19-36)44-39-29-27-38(28-30-39)23-10-22-34-14-2-1-3-15-34/h34-39H,1-33H2. The van der Waals surface area contributed by atoms with Gasteiger partial charge in [0.05, 0.1) is 6.10 Å². The van der Waals surface area contributed by atoms with Crippen molar-refractivity contribution >= 4 is 15.9 Å². The molecule has 0 aliphatic heterocycles. The second-order valence-corrected chi connectivity index (χ2v) is 18.3. The summed E-state index contributed by atoms with van der Waals surface area (Å²) in [4.78, 5) is 0. The molecule has 0 aromatic carbocycles. The van der Waals surface area contributed by atoms with E-state index in [0.717, 1.165) is 74.5 Å². The Balaban J connectivity index is 1.19. The molecule has 0 N–H and O–H groups in total. The van der Waals surface area contributed by atoms with Gasteiger partial charge in [0.15, 0.2) is 4.58 Å². The highest BCUT2D eigenvalue weighted by Crippen LogP contribution is 2.50. The predicted molar refractivity (Wildman–Crippen MR) is 190 cm³/mol. The van der Waals surface area contributed by atoms with Gasteiger partial charge in [0, 0.05) is 0 Å². The number of rotatable bonds is 19. The van der Waals surface area contributed by atoms with E-state index in [1.54, 1.807) is 0 Å². The smallest absolute Gasteiger partial charge is 0.193 e. The number of hydrogen-bond acceptors (Lipinski definition) is 1. The fraction of sp³-hybridized carbons (Fsp3) is 1.00. The van der Waals surface area contributed by atoms with Crippen LogP contribution in [0.25, 0.3) is 0 Å². The van der Waals surface area contributed by atoms with Gasteiger partial charge >= 0.3 is 0 Å². The zero-order chi connectivity index (χ0) is 30.5. The summed E-state index contributed by atoms with van der Waals surface area (Å²) in [6.07, 6.45) is 43.2. The average Bonchev–Trinajstić information content (AvgIpc) is 3.84. The highest BCUT2D eigenvalue weighted by atomic mass is 79.9. The van der Waals surface area contributed by atoms with Crippen LogP contribution < -0.4 is 0 Å². The van der Waals surface area contributed by atoms with E-state index < -0.39 is 10.2 Å². The van der Waals surface area contributed by atoms with E-state index in [2.05, 4.69) is 15.9 Å². The minimum absolute atomic E-state index is 0.255. The molecule has 1 unspecified atom stereocenters. The van der Waals surface area contributed by atoms with E-state index in [0.29, 0.717) is 6.42 Å². The van der Waals surface area contributed by atoms with E-state index in [1.165, 1.54) is 161 Å². The molecule has 0 saturated heterocycles. The molecule has 3 heteroatoms. The second kappa shape index (κ2) is 18.8. The van der Waals surface area contributed by atoms with Crippen molar-refractivity contribution < 1.29 is 9.13 Å². The van der Waals surface area contributed by atoms with Gasteiger partial charge in [0.1, 0.15) is 5.60 Å². The first-order valence-electron chi connectivity index (χ1n) is 20.6. The van der Waals surface area contributed by atoms with Crippen LogP contribution in [-0.2, 0) is 4.74 Å². The Morgan fingerprint density at radius 3 is 1.20 bits per heavy atom. The van der Waals surface area contributed by atoms with Crippen LogP contribution in [0.2, 0.25) is 0 Å². The maximum atomic E-state index is 17.5. The Morgan fingerprint density at radius 1 is 0.432 bits per heavy atom. The molecule has 5 saturated carbocycles. The molecule has 1 nitrogen and oxygen atoms in total. The van der Waals surface area contributed by atoms with Crippen molar-refractivity contribution in [2.24, 2.45) is 29.6 Å². The summed E-state index contributed by atoms with van der Waals surface area (Å²) in [5.74, 6) is 4.49. The van der Waals surface area contributed by atoms with Gasteiger partial charge in [-0.2, -0.15) is 0 Å². The quantitative estimate of drug-likeness (QED) is 0.124. The molecule has 1 atom stereocenters. The third-order valence-corrected chi connectivity index (χ3v) is 14.8. The summed E-state index contributed by atoms with van der Waals surface area (Å²) in [6, 6.07) is 0. The lowest BCUT2D eigenvalue weighted by Crippen LogP contribution is -2.52. The van der Waals surface area contributed by atoms with E-state index in [1.807, 2.05) is 0 Å². The minimum atomic E-state index is -1.40. The van der Waals surface area contributed by atoms with Crippen molar-refractivity contribution in [3.8, 4) is 0 Å². The second-order valence-electron chi connectivity index (χ2n) is 17.0. The summed E-state index contributed by atoms with van der Waals surface area (Å²) in [7, 11) is 0. The minimum Gasteiger partial charge on any atom is -0.367 e. The zero-order valence-electron chi connectivity index (χ0n) is 29.0. The first kappa shape index (κ1) is 35.7. The third-order valence-electron chi connectivity index (χ3n) is 13.7. The van der Waals surface area contributed by atoms with E-state index in [-0.39, 0.29) is 6.10 Å². The molecule has 0 aromatic rings. The van der Waals surface area contributed by atoms with Gasteiger partial charge in [0.25, 0.3) is 0 Å². The molecule has 5 rings (SSSR count). The predicted octanol–water partition coefficient (Wildman–Crippen LogP) is 14.2. The highest BCUT2D eigenvalue weighted by Gasteiger charge is 2.52. The maximum absolute atomic E-state index is 17.5. The third kappa shape index (κ3) is 11.2. The van der Waals surface area contributed by atoms with Gasteiger partial charge in [-0.1, -0.05) is 161 Å². The van der Waals surface area contributed by atoms with Crippen LogP contribution in [0.15, 0.2) is 0 Å². The molecule has 44 heavy (non-hydrogen) atoms. The molecule has 0 amide bonds. The van der Waals surface area contributed by atoms with Crippen LogP contribution in [0.3, 0.4) is 0 Å². The van der Waals surface area contributed by atoms with Gasteiger partial charge in [0.2, 0.25) is 0 Å². The van der Waals surface area contributed by atoms with Crippen LogP contribution in [0.1, 0.15) is 212 Å². The van der Waals surface area contributed by atoms with Crippen LogP contribution in [0, 0.1) is 29.6 Å². The van der Waals surface area contributed by atoms with Crippen molar-refractivity contribution in [2.45, 2.75) is 228 Å². The molecular formula is C41H72BrFO. The monoisotopic (exact) mass is 678 g/mol. The summed E-state index contributed by atoms with van der Waals surface area (Å²) in [5.41, 5.74) is -0.654. The van der Waals surface area contributed by atoms with Gasteiger partial charge in [-0.25, -0.2) is 4.39 Å². The topological polar surface area (TPSA) is 9.23 Å². The van der Waals surface area contributed by atoms with Crippen molar-refractivity contribution in [1.82, 2.24) is 0 Å². The average molecular weight is 680 g/mol. The van der Waals surface area contributed by atoms with Gasteiger partial charge < -0.3 is 4.74 Å². The first-order chi connectivity index (χ1) is 21.5. The van der Waals surface area contributed by atoms with Crippen LogP contribution in [0.4, 0.5) is 4.39 Å². The fourth-order valence-electron chi connectivity index (χ4n) is 10.8. The van der Waals surface area contributed by atoms with Crippen LogP contribution >= 0.6 is 15.9 Å². The number of halogens is 2. The van der Waals surface area contributed by atoms with E-state index in [9.17, 15) is 0 Å². The molecule has 5 aliphatic carbocycles. The fourth-order valence-corrected chi connectivity index (χ4v) is 11.6. The Hall–Kier alpha value is 0.370. The molecule has 5 fully saturated rings.